The van der Waals surface area contributed by atoms with E-state index in [4.69, 9.17) is 9.47 Å². The highest BCUT2D eigenvalue weighted by molar-refractivity contribution is 6.99. The summed E-state index contributed by atoms with van der Waals surface area (Å²) in [5, 5.41) is 3.00. The molecule has 0 unspecified atom stereocenters. The van der Waals surface area contributed by atoms with E-state index in [0.29, 0.717) is 11.5 Å². The molecule has 0 aliphatic heterocycles. The first-order valence-corrected chi connectivity index (χ1v) is 5.76. The van der Waals surface area contributed by atoms with E-state index in [0.717, 1.165) is 28.8 Å². The molecule has 6 heteroatoms. The lowest BCUT2D eigenvalue weighted by Crippen LogP contribution is -1.96. The van der Waals surface area contributed by atoms with Crippen molar-refractivity contribution in [3.8, 4) is 22.8 Å². The van der Waals surface area contributed by atoms with Crippen LogP contribution in [0.25, 0.3) is 11.3 Å². The van der Waals surface area contributed by atoms with Gasteiger partial charge in [0.15, 0.2) is 5.82 Å². The first-order valence-electron chi connectivity index (χ1n) is 5.03. The van der Waals surface area contributed by atoms with Gasteiger partial charge in [-0.2, -0.15) is 8.75 Å². The summed E-state index contributed by atoms with van der Waals surface area (Å²) in [7, 11) is 5.05. The number of nitrogens with one attached hydrogen (secondary N) is 1. The highest BCUT2D eigenvalue weighted by Crippen LogP contribution is 2.40. The fraction of sp³-hybridized carbons (Fsp3) is 0.273. The third-order valence-corrected chi connectivity index (χ3v) is 2.92. The number of nitrogens with zero attached hydrogens (tertiary/aromatic N) is 2. The van der Waals surface area contributed by atoms with Gasteiger partial charge in [-0.1, -0.05) is 6.07 Å². The van der Waals surface area contributed by atoms with Crippen LogP contribution in [0.5, 0.6) is 11.5 Å². The van der Waals surface area contributed by atoms with Crippen LogP contribution in [-0.4, -0.2) is 30.0 Å². The van der Waals surface area contributed by atoms with E-state index >= 15 is 0 Å². The van der Waals surface area contributed by atoms with Crippen molar-refractivity contribution in [2.45, 2.75) is 0 Å². The van der Waals surface area contributed by atoms with Gasteiger partial charge in [0.05, 0.1) is 31.5 Å². The molecule has 1 aromatic heterocycles. The molecule has 0 aliphatic rings. The van der Waals surface area contributed by atoms with E-state index in [1.54, 1.807) is 14.2 Å². The zero-order valence-corrected chi connectivity index (χ0v) is 10.7. The Morgan fingerprint density at radius 2 is 1.76 bits per heavy atom. The largest absolute Gasteiger partial charge is 0.496 e. The summed E-state index contributed by atoms with van der Waals surface area (Å²) in [4.78, 5) is 0. The molecule has 0 fully saturated rings. The van der Waals surface area contributed by atoms with Crippen molar-refractivity contribution in [3.05, 3.63) is 18.2 Å². The van der Waals surface area contributed by atoms with Crippen LogP contribution in [-0.2, 0) is 0 Å². The van der Waals surface area contributed by atoms with E-state index in [1.807, 2.05) is 25.2 Å². The fourth-order valence-electron chi connectivity index (χ4n) is 1.60. The second-order valence-corrected chi connectivity index (χ2v) is 3.78. The van der Waals surface area contributed by atoms with Gasteiger partial charge in [0.1, 0.15) is 17.2 Å². The Morgan fingerprint density at radius 1 is 1.12 bits per heavy atom. The highest BCUT2D eigenvalue weighted by Gasteiger charge is 2.18. The molecule has 1 aromatic carbocycles. The standard InChI is InChI=1S/C11H13N3O2S/c1-12-11-10(13-17-14-11)9-7(15-2)5-4-6-8(9)16-3/h4-6H,1-3H3,(H,12,14). The van der Waals surface area contributed by atoms with Gasteiger partial charge >= 0.3 is 0 Å². The molecule has 1 N–H and O–H groups in total. The Hall–Kier alpha value is -1.82. The molecule has 90 valence electrons. The number of anilines is 1. The Kier molecular flexibility index (Phi) is 3.43. The zero-order chi connectivity index (χ0) is 12.3. The summed E-state index contributed by atoms with van der Waals surface area (Å²) in [5.41, 5.74) is 1.56. The van der Waals surface area contributed by atoms with E-state index in [1.165, 1.54) is 0 Å². The maximum Gasteiger partial charge on any atom is 0.168 e. The number of benzene rings is 1. The van der Waals surface area contributed by atoms with Crippen LogP contribution in [0.15, 0.2) is 18.2 Å². The molecule has 0 saturated carbocycles. The van der Waals surface area contributed by atoms with Crippen LogP contribution >= 0.6 is 11.7 Å². The lowest BCUT2D eigenvalue weighted by molar-refractivity contribution is 0.397. The molecule has 0 amide bonds. The van der Waals surface area contributed by atoms with Crippen LogP contribution in [0.2, 0.25) is 0 Å². The second kappa shape index (κ2) is 5.01. The van der Waals surface area contributed by atoms with Gasteiger partial charge in [0.25, 0.3) is 0 Å². The first-order chi connectivity index (χ1) is 8.31. The number of ether oxygens (including phenoxy) is 2. The SMILES string of the molecule is CNc1nsnc1-c1c(OC)cccc1OC. The molecular formula is C11H13N3O2S. The molecule has 17 heavy (non-hydrogen) atoms. The van der Waals surface area contributed by atoms with Gasteiger partial charge in [0, 0.05) is 7.05 Å². The number of aromatic nitrogens is 2. The molecule has 0 radical (unpaired) electrons. The smallest absolute Gasteiger partial charge is 0.168 e. The van der Waals surface area contributed by atoms with Crippen molar-refractivity contribution in [3.63, 3.8) is 0 Å². The average Bonchev–Trinajstić information content (AvgIpc) is 2.85. The monoisotopic (exact) mass is 251 g/mol. The summed E-state index contributed by atoms with van der Waals surface area (Å²) >= 11 is 1.15. The topological polar surface area (TPSA) is 56.3 Å². The van der Waals surface area contributed by atoms with Crippen LogP contribution in [0.3, 0.4) is 0 Å². The van der Waals surface area contributed by atoms with Gasteiger partial charge in [-0.25, -0.2) is 0 Å². The summed E-state index contributed by atoms with van der Waals surface area (Å²) in [5.74, 6) is 2.15. The van der Waals surface area contributed by atoms with Gasteiger partial charge in [0.2, 0.25) is 0 Å². The van der Waals surface area contributed by atoms with Crippen LogP contribution in [0, 0.1) is 0 Å². The molecule has 2 aromatic rings. The normalized spacial score (nSPS) is 10.1. The molecule has 0 bridgehead atoms. The Bertz CT molecular complexity index is 491. The van der Waals surface area contributed by atoms with Crippen molar-refractivity contribution < 1.29 is 9.47 Å². The van der Waals surface area contributed by atoms with Gasteiger partial charge in [-0.3, -0.25) is 0 Å². The summed E-state index contributed by atoms with van der Waals surface area (Å²) < 4.78 is 19.1. The molecule has 1 heterocycles. The van der Waals surface area contributed by atoms with Crippen molar-refractivity contribution in [2.24, 2.45) is 0 Å². The highest BCUT2D eigenvalue weighted by atomic mass is 32.1. The minimum Gasteiger partial charge on any atom is -0.496 e. The average molecular weight is 251 g/mol. The molecule has 0 spiro atoms. The molecular weight excluding hydrogens is 238 g/mol. The Morgan fingerprint density at radius 3 is 2.29 bits per heavy atom. The number of methoxy groups -OCH3 is 2. The van der Waals surface area contributed by atoms with Gasteiger partial charge in [-0.05, 0) is 12.1 Å². The maximum atomic E-state index is 5.34. The first kappa shape index (κ1) is 11.7. The predicted octanol–water partition coefficient (Wildman–Crippen LogP) is 2.26. The van der Waals surface area contributed by atoms with Crippen LogP contribution < -0.4 is 14.8 Å². The summed E-state index contributed by atoms with van der Waals surface area (Å²) in [6.07, 6.45) is 0. The lowest BCUT2D eigenvalue weighted by atomic mass is 10.1. The minimum absolute atomic E-state index is 0.716. The van der Waals surface area contributed by atoms with Crippen molar-refractivity contribution >= 4 is 17.5 Å². The minimum atomic E-state index is 0.716. The fourth-order valence-corrected chi connectivity index (χ4v) is 2.16. The van der Waals surface area contributed by atoms with E-state index in [-0.39, 0.29) is 0 Å². The summed E-state index contributed by atoms with van der Waals surface area (Å²) in [6.45, 7) is 0. The van der Waals surface area contributed by atoms with Crippen LogP contribution in [0.1, 0.15) is 0 Å². The Labute approximate surface area is 104 Å². The maximum absolute atomic E-state index is 5.34. The predicted molar refractivity (Wildman–Crippen MR) is 68.0 cm³/mol. The van der Waals surface area contributed by atoms with Crippen molar-refractivity contribution in [1.82, 2.24) is 8.75 Å². The molecule has 2 rings (SSSR count). The van der Waals surface area contributed by atoms with Gasteiger partial charge < -0.3 is 14.8 Å². The second-order valence-electron chi connectivity index (χ2n) is 3.25. The van der Waals surface area contributed by atoms with E-state index in [2.05, 4.69) is 14.1 Å². The van der Waals surface area contributed by atoms with E-state index in [9.17, 15) is 0 Å². The molecule has 0 saturated heterocycles. The number of hydrogen-bond acceptors (Lipinski definition) is 6. The molecule has 0 aliphatic carbocycles. The summed E-state index contributed by atoms with van der Waals surface area (Å²) in [6, 6.07) is 5.62. The van der Waals surface area contributed by atoms with Crippen LogP contribution in [0.4, 0.5) is 5.82 Å². The third-order valence-electron chi connectivity index (χ3n) is 2.39. The Balaban J connectivity index is 2.64. The quantitative estimate of drug-likeness (QED) is 0.903. The molecule has 5 nitrogen and oxygen atoms in total. The number of hydrogen-bond donors (Lipinski definition) is 1. The number of rotatable bonds is 4. The lowest BCUT2D eigenvalue weighted by Gasteiger charge is -2.11. The van der Waals surface area contributed by atoms with Crippen molar-refractivity contribution in [1.29, 1.82) is 0 Å². The zero-order valence-electron chi connectivity index (χ0n) is 9.85. The van der Waals surface area contributed by atoms with E-state index < -0.39 is 0 Å². The molecule has 0 atom stereocenters. The third kappa shape index (κ3) is 2.03. The van der Waals surface area contributed by atoms with Crippen molar-refractivity contribution in [2.75, 3.05) is 26.6 Å². The van der Waals surface area contributed by atoms with Gasteiger partial charge in [-0.15, -0.1) is 0 Å².